The van der Waals surface area contributed by atoms with Gasteiger partial charge in [0.25, 0.3) is 0 Å². The van der Waals surface area contributed by atoms with Crippen molar-refractivity contribution in [3.63, 3.8) is 0 Å². The molecule has 0 fully saturated rings. The Morgan fingerprint density at radius 2 is 2.29 bits per heavy atom. The van der Waals surface area contributed by atoms with Crippen molar-refractivity contribution in [1.82, 2.24) is 14.5 Å². The first kappa shape index (κ1) is 9.12. The smallest absolute Gasteiger partial charge is 0.240 e. The number of imidazole rings is 1. The average Bonchev–Trinajstić information content (AvgIpc) is 2.62. The fraction of sp³-hybridized carbons (Fsp3) is 0.400. The Kier molecular flexibility index (Phi) is 2.19. The lowest BCUT2D eigenvalue weighted by Gasteiger charge is -2.10. The maximum Gasteiger partial charge on any atom is 0.240 e. The highest BCUT2D eigenvalue weighted by Gasteiger charge is 2.10. The summed E-state index contributed by atoms with van der Waals surface area (Å²) < 4.78 is 15.2. The van der Waals surface area contributed by atoms with Gasteiger partial charge in [-0.1, -0.05) is 6.92 Å². The molecule has 0 aliphatic heterocycles. The molecule has 0 radical (unpaired) electrons. The molecule has 2 aromatic rings. The third kappa shape index (κ3) is 1.27. The number of nitrogens with zero attached hydrogens (tertiary/aromatic N) is 3. The standard InChI is InChI=1S/C10H12FN3/c1-3-7(2)14-6-13-9-8(14)4-5-12-10(9)11/h4-7H,3H2,1-2H3. The predicted octanol–water partition coefficient (Wildman–Crippen LogP) is 2.54. The van der Waals surface area contributed by atoms with E-state index >= 15 is 0 Å². The number of hydrogen-bond acceptors (Lipinski definition) is 2. The van der Waals surface area contributed by atoms with Gasteiger partial charge in [0.1, 0.15) is 5.52 Å². The van der Waals surface area contributed by atoms with Gasteiger partial charge in [0.15, 0.2) is 0 Å². The zero-order valence-electron chi connectivity index (χ0n) is 8.24. The summed E-state index contributed by atoms with van der Waals surface area (Å²) in [6.07, 6.45) is 4.14. The van der Waals surface area contributed by atoms with Crippen LogP contribution in [0.5, 0.6) is 0 Å². The first-order valence-corrected chi connectivity index (χ1v) is 4.71. The number of rotatable bonds is 2. The average molecular weight is 193 g/mol. The Balaban J connectivity index is 2.63. The van der Waals surface area contributed by atoms with Crippen LogP contribution in [-0.2, 0) is 0 Å². The van der Waals surface area contributed by atoms with Crippen molar-refractivity contribution < 1.29 is 4.39 Å². The zero-order chi connectivity index (χ0) is 10.1. The van der Waals surface area contributed by atoms with Crippen LogP contribution >= 0.6 is 0 Å². The highest BCUT2D eigenvalue weighted by Crippen LogP contribution is 2.19. The second kappa shape index (κ2) is 3.36. The number of halogens is 1. The number of fused-ring (bicyclic) bond motifs is 1. The van der Waals surface area contributed by atoms with Crippen molar-refractivity contribution in [2.75, 3.05) is 0 Å². The number of pyridine rings is 1. The summed E-state index contributed by atoms with van der Waals surface area (Å²) in [5.74, 6) is -0.496. The fourth-order valence-electron chi connectivity index (χ4n) is 1.48. The second-order valence-corrected chi connectivity index (χ2v) is 3.38. The first-order chi connectivity index (χ1) is 6.74. The van der Waals surface area contributed by atoms with E-state index in [1.165, 1.54) is 6.20 Å². The van der Waals surface area contributed by atoms with Gasteiger partial charge in [0, 0.05) is 12.2 Å². The van der Waals surface area contributed by atoms with Gasteiger partial charge >= 0.3 is 0 Å². The Bertz CT molecular complexity index is 450. The first-order valence-electron chi connectivity index (χ1n) is 4.71. The van der Waals surface area contributed by atoms with E-state index in [1.54, 1.807) is 12.4 Å². The summed E-state index contributed by atoms with van der Waals surface area (Å²) in [5, 5.41) is 0. The Morgan fingerprint density at radius 3 is 3.00 bits per heavy atom. The van der Waals surface area contributed by atoms with Crippen LogP contribution in [0.25, 0.3) is 11.0 Å². The van der Waals surface area contributed by atoms with E-state index in [2.05, 4.69) is 23.8 Å². The molecule has 2 aromatic heterocycles. The summed E-state index contributed by atoms with van der Waals surface area (Å²) in [7, 11) is 0. The third-order valence-electron chi connectivity index (χ3n) is 2.51. The van der Waals surface area contributed by atoms with Gasteiger partial charge in [-0.15, -0.1) is 0 Å². The molecular formula is C10H12FN3. The molecule has 0 aliphatic rings. The molecular weight excluding hydrogens is 181 g/mol. The monoisotopic (exact) mass is 193 g/mol. The maximum atomic E-state index is 13.2. The Hall–Kier alpha value is -1.45. The molecule has 3 nitrogen and oxygen atoms in total. The maximum absolute atomic E-state index is 13.2. The summed E-state index contributed by atoms with van der Waals surface area (Å²) in [4.78, 5) is 7.58. The Labute approximate surface area is 81.6 Å². The minimum absolute atomic E-state index is 0.335. The molecule has 0 spiro atoms. The molecule has 4 heteroatoms. The van der Waals surface area contributed by atoms with E-state index < -0.39 is 5.95 Å². The van der Waals surface area contributed by atoms with Crippen LogP contribution in [-0.4, -0.2) is 14.5 Å². The van der Waals surface area contributed by atoms with E-state index in [4.69, 9.17) is 0 Å². The summed E-state index contributed by atoms with van der Waals surface area (Å²) >= 11 is 0. The van der Waals surface area contributed by atoms with Gasteiger partial charge < -0.3 is 4.57 Å². The molecule has 0 saturated heterocycles. The molecule has 2 heterocycles. The quantitative estimate of drug-likeness (QED) is 0.686. The summed E-state index contributed by atoms with van der Waals surface area (Å²) in [6, 6.07) is 2.12. The lowest BCUT2D eigenvalue weighted by atomic mass is 10.2. The topological polar surface area (TPSA) is 30.7 Å². The minimum Gasteiger partial charge on any atom is -0.328 e. The van der Waals surface area contributed by atoms with E-state index in [-0.39, 0.29) is 0 Å². The third-order valence-corrected chi connectivity index (χ3v) is 2.51. The highest BCUT2D eigenvalue weighted by atomic mass is 19.1. The van der Waals surface area contributed by atoms with Crippen LogP contribution in [0.1, 0.15) is 26.3 Å². The number of aromatic nitrogens is 3. The van der Waals surface area contributed by atoms with Crippen LogP contribution in [0.15, 0.2) is 18.6 Å². The Morgan fingerprint density at radius 1 is 1.50 bits per heavy atom. The lowest BCUT2D eigenvalue weighted by Crippen LogP contribution is -2.01. The van der Waals surface area contributed by atoms with Crippen molar-refractivity contribution in [3.05, 3.63) is 24.5 Å². The summed E-state index contributed by atoms with van der Waals surface area (Å²) in [6.45, 7) is 4.17. The van der Waals surface area contributed by atoms with Crippen LogP contribution in [0, 0.1) is 5.95 Å². The molecule has 0 aromatic carbocycles. The van der Waals surface area contributed by atoms with Crippen molar-refractivity contribution >= 4 is 11.0 Å². The molecule has 0 saturated carbocycles. The molecule has 1 unspecified atom stereocenters. The van der Waals surface area contributed by atoms with Crippen LogP contribution in [0.3, 0.4) is 0 Å². The van der Waals surface area contributed by atoms with Gasteiger partial charge in [-0.25, -0.2) is 9.97 Å². The van der Waals surface area contributed by atoms with Gasteiger partial charge in [-0.2, -0.15) is 4.39 Å². The predicted molar refractivity (Wildman–Crippen MR) is 52.5 cm³/mol. The van der Waals surface area contributed by atoms with Gasteiger partial charge in [0.05, 0.1) is 11.8 Å². The largest absolute Gasteiger partial charge is 0.328 e. The van der Waals surface area contributed by atoms with Crippen molar-refractivity contribution in [2.45, 2.75) is 26.3 Å². The van der Waals surface area contributed by atoms with E-state index in [0.29, 0.717) is 11.6 Å². The molecule has 0 bridgehead atoms. The fourth-order valence-corrected chi connectivity index (χ4v) is 1.48. The van der Waals surface area contributed by atoms with E-state index in [9.17, 15) is 4.39 Å². The highest BCUT2D eigenvalue weighted by molar-refractivity contribution is 5.74. The molecule has 2 rings (SSSR count). The molecule has 1 atom stereocenters. The van der Waals surface area contributed by atoms with Crippen LogP contribution in [0.2, 0.25) is 0 Å². The van der Waals surface area contributed by atoms with Crippen LogP contribution < -0.4 is 0 Å². The second-order valence-electron chi connectivity index (χ2n) is 3.38. The van der Waals surface area contributed by atoms with E-state index in [1.807, 2.05) is 4.57 Å². The molecule has 0 amide bonds. The zero-order valence-corrected chi connectivity index (χ0v) is 8.24. The lowest BCUT2D eigenvalue weighted by molar-refractivity contribution is 0.544. The summed E-state index contributed by atoms with van der Waals surface area (Å²) in [5.41, 5.74) is 1.17. The molecule has 74 valence electrons. The normalized spacial score (nSPS) is 13.4. The number of hydrogen-bond donors (Lipinski definition) is 0. The van der Waals surface area contributed by atoms with Crippen molar-refractivity contribution in [1.29, 1.82) is 0 Å². The van der Waals surface area contributed by atoms with Gasteiger partial charge in [0.2, 0.25) is 5.95 Å². The van der Waals surface area contributed by atoms with Crippen molar-refractivity contribution in [2.24, 2.45) is 0 Å². The van der Waals surface area contributed by atoms with Gasteiger partial charge in [-0.05, 0) is 19.4 Å². The molecule has 0 N–H and O–H groups in total. The van der Waals surface area contributed by atoms with Gasteiger partial charge in [-0.3, -0.25) is 0 Å². The SMILES string of the molecule is CCC(C)n1cnc2c(F)nccc21. The van der Waals surface area contributed by atoms with Crippen LogP contribution in [0.4, 0.5) is 4.39 Å². The molecule has 0 aliphatic carbocycles. The van der Waals surface area contributed by atoms with Crippen molar-refractivity contribution in [3.8, 4) is 0 Å². The minimum atomic E-state index is -0.496. The molecule has 14 heavy (non-hydrogen) atoms. The van der Waals surface area contributed by atoms with E-state index in [0.717, 1.165) is 11.9 Å².